The van der Waals surface area contributed by atoms with Crippen LogP contribution in [0.4, 0.5) is 13.2 Å². The lowest BCUT2D eigenvalue weighted by molar-refractivity contribution is -0.138. The molecule has 2 rings (SSSR count). The summed E-state index contributed by atoms with van der Waals surface area (Å²) in [5, 5.41) is 3.93. The monoisotopic (exact) mass is 285 g/mol. The number of aromatic nitrogens is 3. The molecular weight excluding hydrogens is 271 g/mol. The van der Waals surface area contributed by atoms with Crippen LogP contribution in [0, 0.1) is 0 Å². The van der Waals surface area contributed by atoms with Gasteiger partial charge in [-0.15, -0.1) is 0 Å². The second-order valence-electron chi connectivity index (χ2n) is 4.21. The molecule has 0 aliphatic heterocycles. The van der Waals surface area contributed by atoms with Crippen LogP contribution in [0.3, 0.4) is 0 Å². The molecule has 2 aromatic rings. The van der Waals surface area contributed by atoms with Crippen molar-refractivity contribution in [2.45, 2.75) is 25.6 Å². The van der Waals surface area contributed by atoms with E-state index in [9.17, 15) is 13.2 Å². The van der Waals surface area contributed by atoms with Crippen molar-refractivity contribution < 1.29 is 17.9 Å². The molecule has 0 unspecified atom stereocenters. The topological polar surface area (TPSA) is 39.9 Å². The first-order valence-corrected chi connectivity index (χ1v) is 6.19. The first kappa shape index (κ1) is 14.4. The molecule has 108 valence electrons. The Hall–Kier alpha value is -2.05. The van der Waals surface area contributed by atoms with E-state index in [0.717, 1.165) is 12.5 Å². The summed E-state index contributed by atoms with van der Waals surface area (Å²) in [6.07, 6.45) is 0.0524. The molecule has 0 atom stereocenters. The van der Waals surface area contributed by atoms with Gasteiger partial charge in [0.1, 0.15) is 18.4 Å². The van der Waals surface area contributed by atoms with Gasteiger partial charge >= 0.3 is 6.18 Å². The van der Waals surface area contributed by atoms with Gasteiger partial charge in [-0.3, -0.25) is 4.68 Å². The second-order valence-corrected chi connectivity index (χ2v) is 4.21. The molecule has 0 saturated carbocycles. The lowest BCUT2D eigenvalue weighted by Crippen LogP contribution is -2.09. The molecule has 0 aliphatic rings. The second kappa shape index (κ2) is 6.40. The van der Waals surface area contributed by atoms with Gasteiger partial charge in [-0.1, -0.05) is 12.1 Å². The van der Waals surface area contributed by atoms with Crippen LogP contribution < -0.4 is 4.74 Å². The molecule has 0 aliphatic carbocycles. The molecule has 0 saturated heterocycles. The molecule has 0 spiro atoms. The Morgan fingerprint density at radius 2 is 1.95 bits per heavy atom. The molecule has 0 fully saturated rings. The highest BCUT2D eigenvalue weighted by Crippen LogP contribution is 2.35. The number of unbranched alkanes of at least 4 members (excludes halogenated alkanes) is 1. The lowest BCUT2D eigenvalue weighted by Gasteiger charge is -2.13. The van der Waals surface area contributed by atoms with Crippen molar-refractivity contribution in [3.05, 3.63) is 42.5 Å². The molecule has 20 heavy (non-hydrogen) atoms. The van der Waals surface area contributed by atoms with Crippen LogP contribution in [-0.4, -0.2) is 21.4 Å². The fourth-order valence-electron chi connectivity index (χ4n) is 1.73. The Morgan fingerprint density at radius 3 is 2.65 bits per heavy atom. The molecule has 1 aromatic heterocycles. The lowest BCUT2D eigenvalue weighted by atomic mass is 10.2. The molecule has 1 heterocycles. The van der Waals surface area contributed by atoms with E-state index in [2.05, 4.69) is 10.1 Å². The van der Waals surface area contributed by atoms with Crippen LogP contribution in [0.1, 0.15) is 18.4 Å². The number of ether oxygens (including phenoxy) is 1. The molecular formula is C13H14F3N3O. The van der Waals surface area contributed by atoms with Gasteiger partial charge in [0.05, 0.1) is 12.2 Å². The van der Waals surface area contributed by atoms with Crippen molar-refractivity contribution in [3.8, 4) is 5.75 Å². The van der Waals surface area contributed by atoms with E-state index in [4.69, 9.17) is 4.74 Å². The summed E-state index contributed by atoms with van der Waals surface area (Å²) in [6.45, 7) is 0.909. The minimum Gasteiger partial charge on any atom is -0.493 e. The summed E-state index contributed by atoms with van der Waals surface area (Å²) in [5.41, 5.74) is -0.740. The largest absolute Gasteiger partial charge is 0.493 e. The van der Waals surface area contributed by atoms with Crippen LogP contribution in [0.2, 0.25) is 0 Å². The zero-order valence-corrected chi connectivity index (χ0v) is 10.7. The predicted molar refractivity (Wildman–Crippen MR) is 66.2 cm³/mol. The van der Waals surface area contributed by atoms with Gasteiger partial charge in [0.15, 0.2) is 0 Å². The van der Waals surface area contributed by atoms with Gasteiger partial charge < -0.3 is 4.74 Å². The van der Waals surface area contributed by atoms with E-state index in [1.165, 1.54) is 24.5 Å². The molecule has 1 aromatic carbocycles. The zero-order valence-electron chi connectivity index (χ0n) is 10.7. The number of alkyl halides is 3. The highest BCUT2D eigenvalue weighted by atomic mass is 19.4. The summed E-state index contributed by atoms with van der Waals surface area (Å²) in [6, 6.07) is 5.23. The summed E-state index contributed by atoms with van der Waals surface area (Å²) in [7, 11) is 0. The van der Waals surface area contributed by atoms with Gasteiger partial charge in [-0.2, -0.15) is 18.3 Å². The summed E-state index contributed by atoms with van der Waals surface area (Å²) in [4.78, 5) is 3.80. The van der Waals surface area contributed by atoms with E-state index >= 15 is 0 Å². The van der Waals surface area contributed by atoms with E-state index in [-0.39, 0.29) is 12.4 Å². The number of benzene rings is 1. The summed E-state index contributed by atoms with van der Waals surface area (Å²) < 4.78 is 45.0. The van der Waals surface area contributed by atoms with Crippen LogP contribution in [0.15, 0.2) is 36.9 Å². The van der Waals surface area contributed by atoms with Crippen LogP contribution in [0.25, 0.3) is 0 Å². The third kappa shape index (κ3) is 3.97. The number of hydrogen-bond donors (Lipinski definition) is 0. The Labute approximate surface area is 114 Å². The van der Waals surface area contributed by atoms with E-state index < -0.39 is 11.7 Å². The Kier molecular flexibility index (Phi) is 4.60. The van der Waals surface area contributed by atoms with Crippen LogP contribution in [-0.2, 0) is 12.7 Å². The maximum Gasteiger partial charge on any atom is 0.419 e. The SMILES string of the molecule is FC(F)(F)c1ccccc1OCCCCn1cncn1. The predicted octanol–water partition coefficient (Wildman–Crippen LogP) is 3.16. The van der Waals surface area contributed by atoms with Crippen LogP contribution >= 0.6 is 0 Å². The molecule has 0 radical (unpaired) electrons. The number of nitrogens with zero attached hydrogens (tertiary/aromatic N) is 3. The van der Waals surface area contributed by atoms with E-state index in [1.807, 2.05) is 0 Å². The minimum atomic E-state index is -4.39. The molecule has 0 amide bonds. The van der Waals surface area contributed by atoms with Crippen molar-refractivity contribution in [3.63, 3.8) is 0 Å². The highest BCUT2D eigenvalue weighted by Gasteiger charge is 2.33. The summed E-state index contributed by atoms with van der Waals surface area (Å²) in [5.74, 6) is -0.124. The van der Waals surface area contributed by atoms with Gasteiger partial charge in [0, 0.05) is 6.54 Å². The standard InChI is InChI=1S/C13H14F3N3O/c14-13(15,16)11-5-1-2-6-12(11)20-8-4-3-7-19-10-17-9-18-19/h1-2,5-6,9-10H,3-4,7-8H2. The Balaban J connectivity index is 1.79. The molecule has 0 N–H and O–H groups in total. The average Bonchev–Trinajstić information content (AvgIpc) is 2.91. The molecule has 4 nitrogen and oxygen atoms in total. The van der Waals surface area contributed by atoms with Gasteiger partial charge in [-0.05, 0) is 25.0 Å². The fourth-order valence-corrected chi connectivity index (χ4v) is 1.73. The number of rotatable bonds is 6. The fraction of sp³-hybridized carbons (Fsp3) is 0.385. The first-order chi connectivity index (χ1) is 9.57. The maximum absolute atomic E-state index is 12.7. The summed E-state index contributed by atoms with van der Waals surface area (Å²) >= 11 is 0. The van der Waals surface area contributed by atoms with Crippen molar-refractivity contribution in [1.29, 1.82) is 0 Å². The number of aryl methyl sites for hydroxylation is 1. The quantitative estimate of drug-likeness (QED) is 0.765. The number of halogens is 3. The number of hydrogen-bond acceptors (Lipinski definition) is 3. The van der Waals surface area contributed by atoms with E-state index in [1.54, 1.807) is 11.0 Å². The van der Waals surface area contributed by atoms with Gasteiger partial charge in [0.25, 0.3) is 0 Å². The Morgan fingerprint density at radius 1 is 1.15 bits per heavy atom. The average molecular weight is 285 g/mol. The van der Waals surface area contributed by atoms with E-state index in [0.29, 0.717) is 13.0 Å². The van der Waals surface area contributed by atoms with Crippen molar-refractivity contribution in [2.24, 2.45) is 0 Å². The zero-order chi connectivity index (χ0) is 14.4. The third-order valence-electron chi connectivity index (χ3n) is 2.70. The van der Waals surface area contributed by atoms with Crippen LogP contribution in [0.5, 0.6) is 5.75 Å². The number of para-hydroxylation sites is 1. The molecule has 0 bridgehead atoms. The van der Waals surface area contributed by atoms with Gasteiger partial charge in [0.2, 0.25) is 0 Å². The van der Waals surface area contributed by atoms with Gasteiger partial charge in [-0.25, -0.2) is 4.98 Å². The normalized spacial score (nSPS) is 11.6. The highest BCUT2D eigenvalue weighted by molar-refractivity contribution is 5.35. The smallest absolute Gasteiger partial charge is 0.419 e. The Bertz CT molecular complexity index is 526. The molecule has 7 heteroatoms. The maximum atomic E-state index is 12.7. The van der Waals surface area contributed by atoms with Crippen molar-refractivity contribution >= 4 is 0 Å². The van der Waals surface area contributed by atoms with Crippen molar-refractivity contribution in [2.75, 3.05) is 6.61 Å². The third-order valence-corrected chi connectivity index (χ3v) is 2.70. The first-order valence-electron chi connectivity index (χ1n) is 6.19. The van der Waals surface area contributed by atoms with Crippen molar-refractivity contribution in [1.82, 2.24) is 14.8 Å². The minimum absolute atomic E-state index is 0.124.